The minimum atomic E-state index is 0.438. The number of thiophene rings is 1. The molecule has 0 atom stereocenters. The Balaban J connectivity index is 1.84. The van der Waals surface area contributed by atoms with Crippen LogP contribution in [0, 0.1) is 0 Å². The highest BCUT2D eigenvalue weighted by Crippen LogP contribution is 2.38. The molecular formula is C12H12Cl2N2S2. The van der Waals surface area contributed by atoms with Crippen molar-refractivity contribution in [2.24, 2.45) is 0 Å². The molecule has 3 rings (SSSR count). The molecule has 0 aliphatic heterocycles. The topological polar surface area (TPSA) is 16.1 Å². The Morgan fingerprint density at radius 2 is 2.28 bits per heavy atom. The van der Waals surface area contributed by atoms with Crippen LogP contribution < -0.4 is 4.90 Å². The van der Waals surface area contributed by atoms with Gasteiger partial charge in [0.25, 0.3) is 0 Å². The van der Waals surface area contributed by atoms with Gasteiger partial charge >= 0.3 is 0 Å². The molecule has 0 aromatic carbocycles. The van der Waals surface area contributed by atoms with Crippen LogP contribution in [0.15, 0.2) is 16.8 Å². The van der Waals surface area contributed by atoms with E-state index in [9.17, 15) is 0 Å². The molecule has 0 spiro atoms. The third-order valence-corrected chi connectivity index (χ3v) is 5.60. The summed E-state index contributed by atoms with van der Waals surface area (Å²) >= 11 is 15.3. The zero-order valence-electron chi connectivity index (χ0n) is 9.60. The predicted molar refractivity (Wildman–Crippen MR) is 80.2 cm³/mol. The van der Waals surface area contributed by atoms with Gasteiger partial charge in [0.1, 0.15) is 5.15 Å². The molecule has 0 unspecified atom stereocenters. The highest BCUT2D eigenvalue weighted by molar-refractivity contribution is 7.16. The molecule has 2 aromatic rings. The largest absolute Gasteiger partial charge is 0.341 e. The van der Waals surface area contributed by atoms with E-state index >= 15 is 0 Å². The summed E-state index contributed by atoms with van der Waals surface area (Å²) < 4.78 is 0. The van der Waals surface area contributed by atoms with Crippen molar-refractivity contribution in [3.8, 4) is 0 Å². The quantitative estimate of drug-likeness (QED) is 0.738. The van der Waals surface area contributed by atoms with Crippen molar-refractivity contribution < 1.29 is 0 Å². The second-order valence-electron chi connectivity index (χ2n) is 4.33. The average molecular weight is 319 g/mol. The molecule has 18 heavy (non-hydrogen) atoms. The van der Waals surface area contributed by atoms with Crippen molar-refractivity contribution >= 4 is 51.0 Å². The number of rotatable bonds is 5. The van der Waals surface area contributed by atoms with Gasteiger partial charge in [-0.15, -0.1) is 11.6 Å². The SMILES string of the molecule is ClCc1sc(N(Cc2ccsc2)C2CC2)nc1Cl. The number of anilines is 1. The van der Waals surface area contributed by atoms with Gasteiger partial charge in [0.15, 0.2) is 5.13 Å². The van der Waals surface area contributed by atoms with Gasteiger partial charge in [-0.05, 0) is 35.2 Å². The first-order valence-electron chi connectivity index (χ1n) is 5.77. The van der Waals surface area contributed by atoms with E-state index < -0.39 is 0 Å². The maximum absolute atomic E-state index is 6.09. The summed E-state index contributed by atoms with van der Waals surface area (Å²) in [6.07, 6.45) is 2.50. The van der Waals surface area contributed by atoms with E-state index in [-0.39, 0.29) is 0 Å². The van der Waals surface area contributed by atoms with Crippen molar-refractivity contribution in [3.63, 3.8) is 0 Å². The Hall–Kier alpha value is -0.290. The lowest BCUT2D eigenvalue weighted by molar-refractivity contribution is 0.792. The van der Waals surface area contributed by atoms with Crippen molar-refractivity contribution in [2.75, 3.05) is 4.90 Å². The van der Waals surface area contributed by atoms with Crippen LogP contribution in [-0.2, 0) is 12.4 Å². The van der Waals surface area contributed by atoms with Gasteiger partial charge < -0.3 is 4.90 Å². The lowest BCUT2D eigenvalue weighted by Gasteiger charge is -2.20. The van der Waals surface area contributed by atoms with Gasteiger partial charge in [-0.2, -0.15) is 11.3 Å². The Kier molecular flexibility index (Phi) is 3.80. The van der Waals surface area contributed by atoms with Crippen molar-refractivity contribution in [1.82, 2.24) is 4.98 Å². The maximum atomic E-state index is 6.09. The fourth-order valence-electron chi connectivity index (χ4n) is 1.85. The smallest absolute Gasteiger partial charge is 0.187 e. The molecule has 1 aliphatic carbocycles. The molecule has 0 bridgehead atoms. The normalized spacial score (nSPS) is 15.0. The Labute approximate surface area is 124 Å². The number of hydrogen-bond acceptors (Lipinski definition) is 4. The fraction of sp³-hybridized carbons (Fsp3) is 0.417. The third kappa shape index (κ3) is 2.67. The molecule has 0 amide bonds. The molecule has 0 saturated heterocycles. The van der Waals surface area contributed by atoms with Crippen LogP contribution in [0.25, 0.3) is 0 Å². The zero-order valence-corrected chi connectivity index (χ0v) is 12.7. The van der Waals surface area contributed by atoms with Crippen LogP contribution in [0.3, 0.4) is 0 Å². The number of nitrogens with zero attached hydrogens (tertiary/aromatic N) is 2. The first-order valence-corrected chi connectivity index (χ1v) is 8.44. The molecular weight excluding hydrogens is 307 g/mol. The van der Waals surface area contributed by atoms with Crippen molar-refractivity contribution in [3.05, 3.63) is 32.4 Å². The van der Waals surface area contributed by atoms with Crippen LogP contribution in [0.4, 0.5) is 5.13 Å². The van der Waals surface area contributed by atoms with Gasteiger partial charge in [0.05, 0.1) is 10.8 Å². The zero-order chi connectivity index (χ0) is 12.5. The van der Waals surface area contributed by atoms with E-state index in [4.69, 9.17) is 23.2 Å². The van der Waals surface area contributed by atoms with Gasteiger partial charge in [0, 0.05) is 12.6 Å². The number of alkyl halides is 1. The minimum Gasteiger partial charge on any atom is -0.341 e. The predicted octanol–water partition coefficient (Wildman–Crippen LogP) is 4.77. The summed E-state index contributed by atoms with van der Waals surface area (Å²) in [7, 11) is 0. The van der Waals surface area contributed by atoms with Crippen molar-refractivity contribution in [2.45, 2.75) is 31.3 Å². The molecule has 2 heterocycles. The number of hydrogen-bond donors (Lipinski definition) is 0. The molecule has 1 aliphatic rings. The van der Waals surface area contributed by atoms with E-state index in [2.05, 4.69) is 26.7 Å². The minimum absolute atomic E-state index is 0.438. The highest BCUT2D eigenvalue weighted by Gasteiger charge is 2.31. The molecule has 96 valence electrons. The molecule has 1 saturated carbocycles. The van der Waals surface area contributed by atoms with Gasteiger partial charge in [0.2, 0.25) is 0 Å². The highest BCUT2D eigenvalue weighted by atomic mass is 35.5. The Bertz CT molecular complexity index is 520. The first kappa shape index (κ1) is 12.7. The maximum Gasteiger partial charge on any atom is 0.187 e. The Morgan fingerprint density at radius 1 is 1.44 bits per heavy atom. The fourth-order valence-corrected chi connectivity index (χ4v) is 4.05. The first-order chi connectivity index (χ1) is 8.78. The van der Waals surface area contributed by atoms with E-state index in [1.807, 2.05) is 0 Å². The monoisotopic (exact) mass is 318 g/mol. The lowest BCUT2D eigenvalue weighted by Crippen LogP contribution is -2.24. The van der Waals surface area contributed by atoms with Crippen LogP contribution in [0.1, 0.15) is 23.3 Å². The van der Waals surface area contributed by atoms with E-state index in [0.717, 1.165) is 16.6 Å². The van der Waals surface area contributed by atoms with Crippen LogP contribution >= 0.6 is 45.9 Å². The third-order valence-electron chi connectivity index (χ3n) is 2.93. The van der Waals surface area contributed by atoms with Gasteiger partial charge in [-0.3, -0.25) is 0 Å². The second kappa shape index (κ2) is 5.37. The van der Waals surface area contributed by atoms with Gasteiger partial charge in [-0.25, -0.2) is 4.98 Å². The number of halogens is 2. The molecule has 2 nitrogen and oxygen atoms in total. The standard InChI is InChI=1S/C12H12Cl2N2S2/c13-5-10-11(14)15-12(18-10)16(9-1-2-9)6-8-3-4-17-7-8/h3-4,7,9H,1-2,5-6H2. The number of thiazole rings is 1. The van der Waals surface area contributed by atoms with Crippen molar-refractivity contribution in [1.29, 1.82) is 0 Å². The summed E-state index contributed by atoms with van der Waals surface area (Å²) in [6, 6.07) is 2.79. The summed E-state index contributed by atoms with van der Waals surface area (Å²) in [5.74, 6) is 0.438. The lowest BCUT2D eigenvalue weighted by atomic mass is 10.3. The number of aromatic nitrogens is 1. The van der Waals surface area contributed by atoms with E-state index in [1.54, 1.807) is 22.7 Å². The Morgan fingerprint density at radius 3 is 2.83 bits per heavy atom. The van der Waals surface area contributed by atoms with E-state index in [0.29, 0.717) is 17.1 Å². The summed E-state index contributed by atoms with van der Waals surface area (Å²) in [5.41, 5.74) is 1.34. The second-order valence-corrected chi connectivity index (χ2v) is 6.80. The molecule has 0 radical (unpaired) electrons. The van der Waals surface area contributed by atoms with Gasteiger partial charge in [-0.1, -0.05) is 22.9 Å². The molecule has 0 N–H and O–H groups in total. The summed E-state index contributed by atoms with van der Waals surface area (Å²) in [4.78, 5) is 7.77. The van der Waals surface area contributed by atoms with Crippen LogP contribution in [0.2, 0.25) is 5.15 Å². The summed E-state index contributed by atoms with van der Waals surface area (Å²) in [5, 5.41) is 5.86. The van der Waals surface area contributed by atoms with Crippen LogP contribution in [-0.4, -0.2) is 11.0 Å². The molecule has 6 heteroatoms. The van der Waals surface area contributed by atoms with E-state index in [1.165, 1.54) is 18.4 Å². The average Bonchev–Trinajstić information content (AvgIpc) is 2.94. The summed E-state index contributed by atoms with van der Waals surface area (Å²) in [6.45, 7) is 0.916. The molecule has 2 aromatic heterocycles. The molecule has 1 fully saturated rings. The van der Waals surface area contributed by atoms with Crippen LogP contribution in [0.5, 0.6) is 0 Å².